The topological polar surface area (TPSA) is 15.3 Å². The van der Waals surface area contributed by atoms with Gasteiger partial charge in [-0.25, -0.2) is 0 Å². The number of anilines is 1. The van der Waals surface area contributed by atoms with Gasteiger partial charge in [0, 0.05) is 25.3 Å². The maximum Gasteiger partial charge on any atom is 0.0366 e. The summed E-state index contributed by atoms with van der Waals surface area (Å²) in [5, 5.41) is 3.58. The van der Waals surface area contributed by atoms with Crippen molar-refractivity contribution in [3.8, 4) is 0 Å². The van der Waals surface area contributed by atoms with Gasteiger partial charge in [-0.3, -0.25) is 0 Å². The van der Waals surface area contributed by atoms with Crippen molar-refractivity contribution in [2.75, 3.05) is 24.5 Å². The Balaban J connectivity index is 1.47. The lowest BCUT2D eigenvalue weighted by molar-refractivity contribution is 0.577. The number of nitrogens with zero attached hydrogens (tertiary/aromatic N) is 1. The monoisotopic (exact) mass is 258 g/mol. The Kier molecular flexibility index (Phi) is 4.07. The molecule has 2 aliphatic rings. The molecule has 2 unspecified atom stereocenters. The van der Waals surface area contributed by atoms with Crippen LogP contribution in [0.4, 0.5) is 5.69 Å². The van der Waals surface area contributed by atoms with Gasteiger partial charge in [-0.05, 0) is 61.8 Å². The van der Waals surface area contributed by atoms with Gasteiger partial charge in [0.15, 0.2) is 0 Å². The maximum absolute atomic E-state index is 3.58. The molecule has 104 valence electrons. The zero-order valence-corrected chi connectivity index (χ0v) is 12.1. The molecule has 2 atom stereocenters. The molecular formula is C17H26N2. The molecule has 1 aromatic rings. The van der Waals surface area contributed by atoms with Crippen LogP contribution in [0.15, 0.2) is 24.3 Å². The van der Waals surface area contributed by atoms with E-state index in [-0.39, 0.29) is 0 Å². The number of hydrogen-bond donors (Lipinski definition) is 1. The third-order valence-corrected chi connectivity index (χ3v) is 4.67. The summed E-state index contributed by atoms with van der Waals surface area (Å²) in [6.07, 6.45) is 5.52. The van der Waals surface area contributed by atoms with Gasteiger partial charge in [0.2, 0.25) is 0 Å². The van der Waals surface area contributed by atoms with E-state index in [2.05, 4.69) is 41.4 Å². The van der Waals surface area contributed by atoms with Gasteiger partial charge >= 0.3 is 0 Å². The first-order valence-electron chi connectivity index (χ1n) is 7.87. The number of hydrogen-bond acceptors (Lipinski definition) is 2. The van der Waals surface area contributed by atoms with Gasteiger partial charge < -0.3 is 10.2 Å². The smallest absolute Gasteiger partial charge is 0.0366 e. The van der Waals surface area contributed by atoms with Gasteiger partial charge in [0.05, 0.1) is 0 Å². The fraction of sp³-hybridized carbons (Fsp3) is 0.647. The van der Waals surface area contributed by atoms with Gasteiger partial charge in [-0.2, -0.15) is 0 Å². The van der Waals surface area contributed by atoms with Crippen molar-refractivity contribution < 1.29 is 0 Å². The highest BCUT2D eigenvalue weighted by molar-refractivity contribution is 5.47. The number of benzene rings is 1. The molecule has 2 fully saturated rings. The van der Waals surface area contributed by atoms with Crippen LogP contribution < -0.4 is 10.2 Å². The number of piperidine rings is 1. The van der Waals surface area contributed by atoms with Crippen LogP contribution in [-0.2, 0) is 6.54 Å². The van der Waals surface area contributed by atoms with Crippen LogP contribution in [-0.4, -0.2) is 19.6 Å². The molecule has 3 rings (SSSR count). The predicted octanol–water partition coefficient (Wildman–Crippen LogP) is 3.42. The van der Waals surface area contributed by atoms with Crippen molar-refractivity contribution in [2.24, 2.45) is 11.8 Å². The molecule has 0 bridgehead atoms. The Morgan fingerprint density at radius 2 is 1.79 bits per heavy atom. The first-order chi connectivity index (χ1) is 9.33. The molecular weight excluding hydrogens is 232 g/mol. The van der Waals surface area contributed by atoms with E-state index in [9.17, 15) is 0 Å². The molecule has 2 heteroatoms. The van der Waals surface area contributed by atoms with Crippen LogP contribution in [0, 0.1) is 11.8 Å². The lowest BCUT2D eigenvalue weighted by Gasteiger charge is -2.28. The van der Waals surface area contributed by atoms with Crippen LogP contribution in [0.1, 0.15) is 38.2 Å². The molecule has 1 saturated carbocycles. The standard InChI is InChI=1S/C17H26N2/c1-14-11-16(14)13-18-12-15-5-7-17(8-6-15)19-9-3-2-4-10-19/h5-8,14,16,18H,2-4,9-13H2,1H3. The Bertz CT molecular complexity index is 392. The van der Waals surface area contributed by atoms with E-state index in [1.165, 1.54) is 56.6 Å². The molecule has 2 nitrogen and oxygen atoms in total. The fourth-order valence-electron chi connectivity index (χ4n) is 3.06. The second-order valence-corrected chi connectivity index (χ2v) is 6.32. The molecule has 19 heavy (non-hydrogen) atoms. The molecule has 1 N–H and O–H groups in total. The fourth-order valence-corrected chi connectivity index (χ4v) is 3.06. The van der Waals surface area contributed by atoms with E-state index in [0.717, 1.165) is 18.4 Å². The number of rotatable bonds is 5. The summed E-state index contributed by atoms with van der Waals surface area (Å²) in [5.41, 5.74) is 2.81. The van der Waals surface area contributed by atoms with E-state index in [4.69, 9.17) is 0 Å². The molecule has 1 saturated heterocycles. The second kappa shape index (κ2) is 5.96. The highest BCUT2D eigenvalue weighted by Crippen LogP contribution is 2.36. The lowest BCUT2D eigenvalue weighted by atomic mass is 10.1. The minimum absolute atomic E-state index is 0.938. The lowest BCUT2D eigenvalue weighted by Crippen LogP contribution is -2.29. The van der Waals surface area contributed by atoms with Crippen LogP contribution in [0.5, 0.6) is 0 Å². The van der Waals surface area contributed by atoms with Crippen LogP contribution >= 0.6 is 0 Å². The molecule has 0 amide bonds. The molecule has 1 heterocycles. The van der Waals surface area contributed by atoms with E-state index in [1.54, 1.807) is 0 Å². The first kappa shape index (κ1) is 13.0. The SMILES string of the molecule is CC1CC1CNCc1ccc(N2CCCCC2)cc1. The van der Waals surface area contributed by atoms with Crippen LogP contribution in [0.3, 0.4) is 0 Å². The summed E-state index contributed by atoms with van der Waals surface area (Å²) < 4.78 is 0. The zero-order chi connectivity index (χ0) is 13.1. The average Bonchev–Trinajstić information content (AvgIpc) is 3.16. The first-order valence-corrected chi connectivity index (χ1v) is 7.87. The Hall–Kier alpha value is -1.02. The van der Waals surface area contributed by atoms with Crippen molar-refractivity contribution in [3.63, 3.8) is 0 Å². The average molecular weight is 258 g/mol. The molecule has 1 aliphatic heterocycles. The summed E-state index contributed by atoms with van der Waals surface area (Å²) in [4.78, 5) is 2.52. The van der Waals surface area contributed by atoms with Crippen molar-refractivity contribution in [1.82, 2.24) is 5.32 Å². The summed E-state index contributed by atoms with van der Waals surface area (Å²) in [6, 6.07) is 9.16. The summed E-state index contributed by atoms with van der Waals surface area (Å²) >= 11 is 0. The Labute approximate surface area is 117 Å². The van der Waals surface area contributed by atoms with E-state index in [0.29, 0.717) is 0 Å². The molecule has 1 aromatic carbocycles. The van der Waals surface area contributed by atoms with Gasteiger partial charge in [0.1, 0.15) is 0 Å². The molecule has 0 spiro atoms. The van der Waals surface area contributed by atoms with Gasteiger partial charge in [-0.15, -0.1) is 0 Å². The Morgan fingerprint density at radius 3 is 2.42 bits per heavy atom. The third-order valence-electron chi connectivity index (χ3n) is 4.67. The van der Waals surface area contributed by atoms with Crippen LogP contribution in [0.2, 0.25) is 0 Å². The molecule has 0 aromatic heterocycles. The molecule has 1 aliphatic carbocycles. The van der Waals surface area contributed by atoms with Crippen molar-refractivity contribution >= 4 is 5.69 Å². The summed E-state index contributed by atoms with van der Waals surface area (Å²) in [5.74, 6) is 1.89. The second-order valence-electron chi connectivity index (χ2n) is 6.32. The Morgan fingerprint density at radius 1 is 1.11 bits per heavy atom. The quantitative estimate of drug-likeness (QED) is 0.870. The van der Waals surface area contributed by atoms with Crippen LogP contribution in [0.25, 0.3) is 0 Å². The summed E-state index contributed by atoms with van der Waals surface area (Å²) in [6.45, 7) is 7.02. The van der Waals surface area contributed by atoms with Gasteiger partial charge in [0.25, 0.3) is 0 Å². The van der Waals surface area contributed by atoms with Gasteiger partial charge in [-0.1, -0.05) is 19.1 Å². The maximum atomic E-state index is 3.58. The summed E-state index contributed by atoms with van der Waals surface area (Å²) in [7, 11) is 0. The minimum atomic E-state index is 0.938. The minimum Gasteiger partial charge on any atom is -0.372 e. The molecule has 0 radical (unpaired) electrons. The highest BCUT2D eigenvalue weighted by Gasteiger charge is 2.31. The zero-order valence-electron chi connectivity index (χ0n) is 12.1. The third kappa shape index (κ3) is 3.50. The highest BCUT2D eigenvalue weighted by atomic mass is 15.1. The van der Waals surface area contributed by atoms with E-state index >= 15 is 0 Å². The predicted molar refractivity (Wildman–Crippen MR) is 81.5 cm³/mol. The van der Waals surface area contributed by atoms with E-state index < -0.39 is 0 Å². The number of nitrogens with one attached hydrogen (secondary N) is 1. The van der Waals surface area contributed by atoms with Crippen molar-refractivity contribution in [3.05, 3.63) is 29.8 Å². The van der Waals surface area contributed by atoms with Crippen molar-refractivity contribution in [2.45, 2.75) is 39.2 Å². The largest absolute Gasteiger partial charge is 0.372 e. The normalized spacial score (nSPS) is 26.5. The van der Waals surface area contributed by atoms with Crippen molar-refractivity contribution in [1.29, 1.82) is 0 Å². The van der Waals surface area contributed by atoms with E-state index in [1.807, 2.05) is 0 Å².